The van der Waals surface area contributed by atoms with Gasteiger partial charge in [0, 0.05) is 12.8 Å². The van der Waals surface area contributed by atoms with Crippen molar-refractivity contribution in [3.05, 3.63) is 11.6 Å². The molecule has 0 aromatic rings. The van der Waals surface area contributed by atoms with E-state index in [1.165, 1.54) is 56.9 Å². The summed E-state index contributed by atoms with van der Waals surface area (Å²) >= 11 is 0. The van der Waals surface area contributed by atoms with Gasteiger partial charge >= 0.3 is 0 Å². The number of hydrogen-bond donors (Lipinski definition) is 0. The first-order valence-corrected chi connectivity index (χ1v) is 12.5. The lowest BCUT2D eigenvalue weighted by Gasteiger charge is -2.58. The van der Waals surface area contributed by atoms with Crippen LogP contribution >= 0.6 is 0 Å². The van der Waals surface area contributed by atoms with Crippen LogP contribution in [0.15, 0.2) is 11.6 Å². The molecule has 28 heavy (non-hydrogen) atoms. The number of allylic oxidation sites excluding steroid dienone is 2. The van der Waals surface area contributed by atoms with Crippen molar-refractivity contribution >= 4 is 5.78 Å². The molecule has 0 aromatic carbocycles. The van der Waals surface area contributed by atoms with Crippen LogP contribution in [0.1, 0.15) is 105 Å². The number of hydrogen-bond acceptors (Lipinski definition) is 1. The van der Waals surface area contributed by atoms with E-state index in [1.54, 1.807) is 0 Å². The van der Waals surface area contributed by atoms with Crippen LogP contribution < -0.4 is 0 Å². The lowest BCUT2D eigenvalue weighted by atomic mass is 9.47. The molecule has 0 radical (unpaired) electrons. The van der Waals surface area contributed by atoms with Gasteiger partial charge in [-0.25, -0.2) is 0 Å². The van der Waals surface area contributed by atoms with Crippen LogP contribution in [0.3, 0.4) is 0 Å². The highest BCUT2D eigenvalue weighted by Crippen LogP contribution is 2.67. The third-order valence-electron chi connectivity index (χ3n) is 10.1. The number of carbonyl (C=O) groups is 1. The van der Waals surface area contributed by atoms with Gasteiger partial charge in [0.25, 0.3) is 0 Å². The van der Waals surface area contributed by atoms with Gasteiger partial charge < -0.3 is 0 Å². The third-order valence-corrected chi connectivity index (χ3v) is 10.1. The van der Waals surface area contributed by atoms with E-state index in [4.69, 9.17) is 0 Å². The van der Waals surface area contributed by atoms with E-state index in [1.807, 2.05) is 0 Å². The molecule has 0 amide bonds. The average Bonchev–Trinajstić information content (AvgIpc) is 2.99. The second kappa shape index (κ2) is 7.59. The van der Waals surface area contributed by atoms with Crippen molar-refractivity contribution in [3.8, 4) is 0 Å². The predicted molar refractivity (Wildman–Crippen MR) is 118 cm³/mol. The topological polar surface area (TPSA) is 17.1 Å². The summed E-state index contributed by atoms with van der Waals surface area (Å²) in [6.07, 6.45) is 16.5. The summed E-state index contributed by atoms with van der Waals surface area (Å²) in [5.41, 5.74) is 2.43. The fourth-order valence-electron chi connectivity index (χ4n) is 8.50. The maximum atomic E-state index is 12.1. The second-order valence-electron chi connectivity index (χ2n) is 12.0. The van der Waals surface area contributed by atoms with Gasteiger partial charge in [-0.1, -0.05) is 65.5 Å². The first-order valence-electron chi connectivity index (χ1n) is 12.5. The monoisotopic (exact) mass is 384 g/mol. The zero-order valence-corrected chi connectivity index (χ0v) is 19.2. The Balaban J connectivity index is 1.50. The van der Waals surface area contributed by atoms with Gasteiger partial charge in [0.1, 0.15) is 5.78 Å². The van der Waals surface area contributed by atoms with Crippen molar-refractivity contribution in [3.63, 3.8) is 0 Å². The second-order valence-corrected chi connectivity index (χ2v) is 12.0. The van der Waals surface area contributed by atoms with Crippen LogP contribution in [0.2, 0.25) is 0 Å². The molecule has 4 rings (SSSR count). The van der Waals surface area contributed by atoms with E-state index < -0.39 is 0 Å². The van der Waals surface area contributed by atoms with Crippen molar-refractivity contribution in [1.82, 2.24) is 0 Å². The lowest BCUT2D eigenvalue weighted by molar-refractivity contribution is -0.122. The van der Waals surface area contributed by atoms with E-state index in [0.29, 0.717) is 16.6 Å². The molecule has 1 heteroatoms. The molecule has 7 atom stereocenters. The van der Waals surface area contributed by atoms with Crippen LogP contribution in [0.5, 0.6) is 0 Å². The van der Waals surface area contributed by atoms with E-state index >= 15 is 0 Å². The van der Waals surface area contributed by atoms with Crippen molar-refractivity contribution in [2.75, 3.05) is 0 Å². The SMILES string of the molecule is CC(C)CCC[C@@H](C)[C@H]1CC[C@H]2[C@H]3CC=C4CC(=O)CC[C@]4(C)[C@@H]3CC[C@]12C. The van der Waals surface area contributed by atoms with Crippen molar-refractivity contribution in [2.45, 2.75) is 105 Å². The van der Waals surface area contributed by atoms with Crippen LogP contribution in [-0.4, -0.2) is 5.78 Å². The molecule has 3 fully saturated rings. The number of rotatable bonds is 5. The molecule has 0 heterocycles. The molecule has 0 bridgehead atoms. The van der Waals surface area contributed by atoms with Crippen molar-refractivity contribution < 1.29 is 4.79 Å². The van der Waals surface area contributed by atoms with E-state index in [-0.39, 0.29) is 0 Å². The highest BCUT2D eigenvalue weighted by Gasteiger charge is 2.59. The first-order chi connectivity index (χ1) is 13.3. The van der Waals surface area contributed by atoms with E-state index in [0.717, 1.165) is 54.8 Å². The summed E-state index contributed by atoms with van der Waals surface area (Å²) < 4.78 is 0. The Morgan fingerprint density at radius 1 is 1.04 bits per heavy atom. The van der Waals surface area contributed by atoms with Gasteiger partial charge in [-0.15, -0.1) is 0 Å². The molecule has 0 aromatic heterocycles. The van der Waals surface area contributed by atoms with Crippen LogP contribution in [0, 0.1) is 46.3 Å². The van der Waals surface area contributed by atoms with Crippen molar-refractivity contribution in [2.24, 2.45) is 46.3 Å². The Labute approximate surface area is 174 Å². The zero-order valence-electron chi connectivity index (χ0n) is 19.2. The number of Topliss-reactive ketones (excluding diaryl/α,β-unsaturated/α-hetero) is 1. The van der Waals surface area contributed by atoms with E-state index in [9.17, 15) is 4.79 Å². The number of ketones is 1. The van der Waals surface area contributed by atoms with Gasteiger partial charge in [-0.3, -0.25) is 4.79 Å². The lowest BCUT2D eigenvalue weighted by Crippen LogP contribution is -2.50. The molecule has 0 N–H and O–H groups in total. The van der Waals surface area contributed by atoms with Gasteiger partial charge in [-0.2, -0.15) is 0 Å². The molecule has 0 spiro atoms. The standard InChI is InChI=1S/C27H44O/c1-18(2)7-6-8-19(3)23-11-12-24-22-10-9-20-17-21(28)13-15-26(20,4)25(22)14-16-27(23,24)5/h9,18-19,22-25H,6-8,10-17H2,1-5H3/t19-,22-,23-,24+,25-,26+,27-/m1/s1. The molecule has 0 unspecified atom stereocenters. The third kappa shape index (κ3) is 3.33. The highest BCUT2D eigenvalue weighted by atomic mass is 16.1. The summed E-state index contributed by atoms with van der Waals surface area (Å²) in [5.74, 6) is 5.82. The summed E-state index contributed by atoms with van der Waals surface area (Å²) in [4.78, 5) is 12.1. The Morgan fingerprint density at radius 3 is 2.57 bits per heavy atom. The fourth-order valence-corrected chi connectivity index (χ4v) is 8.50. The van der Waals surface area contributed by atoms with E-state index in [2.05, 4.69) is 40.7 Å². The summed E-state index contributed by atoms with van der Waals surface area (Å²) in [7, 11) is 0. The highest BCUT2D eigenvalue weighted by molar-refractivity contribution is 5.82. The first kappa shape index (κ1) is 20.7. The Hall–Kier alpha value is -0.590. The zero-order chi connectivity index (χ0) is 20.1. The Morgan fingerprint density at radius 2 is 1.82 bits per heavy atom. The van der Waals surface area contributed by atoms with Crippen molar-refractivity contribution in [1.29, 1.82) is 0 Å². The van der Waals surface area contributed by atoms with Gasteiger partial charge in [0.15, 0.2) is 0 Å². The molecule has 4 aliphatic rings. The van der Waals surface area contributed by atoms with Gasteiger partial charge in [0.2, 0.25) is 0 Å². The summed E-state index contributed by atoms with van der Waals surface area (Å²) in [6.45, 7) is 12.5. The Bertz CT molecular complexity index is 630. The maximum Gasteiger partial charge on any atom is 0.136 e. The molecule has 158 valence electrons. The minimum Gasteiger partial charge on any atom is -0.299 e. The largest absolute Gasteiger partial charge is 0.299 e. The molecule has 1 nitrogen and oxygen atoms in total. The molecular formula is C27H44O. The summed E-state index contributed by atoms with van der Waals surface area (Å²) in [5, 5.41) is 0. The minimum absolute atomic E-state index is 0.332. The molecular weight excluding hydrogens is 340 g/mol. The minimum atomic E-state index is 0.332. The molecule has 0 aliphatic heterocycles. The maximum absolute atomic E-state index is 12.1. The molecule has 3 saturated carbocycles. The number of fused-ring (bicyclic) bond motifs is 5. The predicted octanol–water partition coefficient (Wildman–Crippen LogP) is 7.60. The van der Waals surface area contributed by atoms with Gasteiger partial charge in [-0.05, 0) is 84.9 Å². The van der Waals surface area contributed by atoms with Gasteiger partial charge in [0.05, 0.1) is 0 Å². The van der Waals surface area contributed by atoms with Crippen LogP contribution in [-0.2, 0) is 4.79 Å². The molecule has 0 saturated heterocycles. The van der Waals surface area contributed by atoms with Crippen LogP contribution in [0.25, 0.3) is 0 Å². The van der Waals surface area contributed by atoms with Crippen LogP contribution in [0.4, 0.5) is 0 Å². The fraction of sp³-hybridized carbons (Fsp3) is 0.889. The quantitative estimate of drug-likeness (QED) is 0.446. The normalized spacial score (nSPS) is 43.9. The summed E-state index contributed by atoms with van der Waals surface area (Å²) in [6, 6.07) is 0. The number of carbonyl (C=O) groups excluding carboxylic acids is 1. The Kier molecular flexibility index (Phi) is 5.60. The average molecular weight is 385 g/mol. The smallest absolute Gasteiger partial charge is 0.136 e. The molecule has 4 aliphatic carbocycles.